The summed E-state index contributed by atoms with van der Waals surface area (Å²) in [6.45, 7) is 5.33. The fourth-order valence-corrected chi connectivity index (χ4v) is 1.78. The summed E-state index contributed by atoms with van der Waals surface area (Å²) in [6, 6.07) is 5.74. The number of benzene rings is 1. The van der Waals surface area contributed by atoms with Gasteiger partial charge in [0.05, 0.1) is 17.4 Å². The molecule has 2 rings (SSSR count). The Bertz CT molecular complexity index is 706. The molecule has 1 heterocycles. The quantitative estimate of drug-likeness (QED) is 0.880. The summed E-state index contributed by atoms with van der Waals surface area (Å²) >= 11 is 0. The summed E-state index contributed by atoms with van der Waals surface area (Å²) in [5.74, 6) is -0.714. The summed E-state index contributed by atoms with van der Waals surface area (Å²) in [4.78, 5) is 23.2. The molecule has 0 bridgehead atoms. The van der Waals surface area contributed by atoms with Gasteiger partial charge in [-0.05, 0) is 39.0 Å². The summed E-state index contributed by atoms with van der Waals surface area (Å²) < 4.78 is 10.4. The van der Waals surface area contributed by atoms with Crippen LogP contribution in [0.5, 0.6) is 5.75 Å². The summed E-state index contributed by atoms with van der Waals surface area (Å²) in [5, 5.41) is 15.3. The minimum absolute atomic E-state index is 0.0442. The topological polar surface area (TPSA) is 102 Å². The van der Waals surface area contributed by atoms with Gasteiger partial charge in [0.15, 0.2) is 5.69 Å². The Morgan fingerprint density at radius 2 is 2.05 bits per heavy atom. The Morgan fingerprint density at radius 1 is 1.32 bits per heavy atom. The maximum Gasteiger partial charge on any atom is 0.335 e. The molecule has 0 aliphatic rings. The van der Waals surface area contributed by atoms with Crippen LogP contribution < -0.4 is 10.1 Å². The molecule has 0 atom stereocenters. The van der Waals surface area contributed by atoms with Crippen LogP contribution in [0.15, 0.2) is 28.8 Å². The Balaban J connectivity index is 2.31. The molecule has 2 aromatic rings. The first-order chi connectivity index (χ1) is 10.4. The number of carbonyl (C=O) groups is 2. The molecule has 0 unspecified atom stereocenters. The van der Waals surface area contributed by atoms with E-state index in [2.05, 4.69) is 10.5 Å². The maximum atomic E-state index is 12.1. The monoisotopic (exact) mass is 304 g/mol. The van der Waals surface area contributed by atoms with Gasteiger partial charge in [0.2, 0.25) is 0 Å². The van der Waals surface area contributed by atoms with Crippen LogP contribution in [0.1, 0.15) is 40.5 Å². The lowest BCUT2D eigenvalue weighted by Crippen LogP contribution is -2.15. The predicted octanol–water partition coefficient (Wildman–Crippen LogP) is 2.72. The molecule has 0 aliphatic carbocycles. The number of anilines is 1. The van der Waals surface area contributed by atoms with Crippen molar-refractivity contribution >= 4 is 17.6 Å². The van der Waals surface area contributed by atoms with Gasteiger partial charge in [0.25, 0.3) is 5.91 Å². The number of nitrogens with one attached hydrogen (secondary N) is 1. The third-order valence-corrected chi connectivity index (χ3v) is 2.70. The number of aromatic nitrogens is 1. The van der Waals surface area contributed by atoms with Crippen molar-refractivity contribution in [3.05, 3.63) is 41.3 Å². The fourth-order valence-electron chi connectivity index (χ4n) is 1.78. The molecule has 0 saturated heterocycles. The Morgan fingerprint density at radius 3 is 2.59 bits per heavy atom. The van der Waals surface area contributed by atoms with Crippen molar-refractivity contribution < 1.29 is 24.0 Å². The van der Waals surface area contributed by atoms with Gasteiger partial charge in [-0.1, -0.05) is 5.16 Å². The van der Waals surface area contributed by atoms with Crippen molar-refractivity contribution in [3.8, 4) is 5.75 Å². The van der Waals surface area contributed by atoms with E-state index < -0.39 is 11.9 Å². The van der Waals surface area contributed by atoms with Crippen molar-refractivity contribution in [1.82, 2.24) is 5.16 Å². The molecule has 116 valence electrons. The molecular formula is C15H16N2O5. The summed E-state index contributed by atoms with van der Waals surface area (Å²) in [5.41, 5.74) is 0.413. The van der Waals surface area contributed by atoms with Crippen LogP contribution in [0.4, 0.5) is 5.69 Å². The van der Waals surface area contributed by atoms with E-state index in [4.69, 9.17) is 14.4 Å². The lowest BCUT2D eigenvalue weighted by Gasteiger charge is -2.15. The van der Waals surface area contributed by atoms with Crippen LogP contribution in [0.2, 0.25) is 0 Å². The average Bonchev–Trinajstić information content (AvgIpc) is 2.86. The van der Waals surface area contributed by atoms with E-state index in [1.165, 1.54) is 24.3 Å². The van der Waals surface area contributed by atoms with Gasteiger partial charge in [-0.3, -0.25) is 4.79 Å². The minimum Gasteiger partial charge on any atom is -0.489 e. The molecule has 1 aromatic heterocycles. The van der Waals surface area contributed by atoms with E-state index in [0.717, 1.165) is 0 Å². The van der Waals surface area contributed by atoms with E-state index in [-0.39, 0.29) is 23.0 Å². The SMILES string of the molecule is Cc1cc(C(=O)Nc2cc(C(=O)O)ccc2OC(C)C)no1. The van der Waals surface area contributed by atoms with Crippen LogP contribution in [0.25, 0.3) is 0 Å². The highest BCUT2D eigenvalue weighted by Crippen LogP contribution is 2.27. The fraction of sp³-hybridized carbons (Fsp3) is 0.267. The Labute approximate surface area is 126 Å². The van der Waals surface area contributed by atoms with Crippen LogP contribution in [0, 0.1) is 6.92 Å². The average molecular weight is 304 g/mol. The van der Waals surface area contributed by atoms with Crippen LogP contribution in [-0.2, 0) is 0 Å². The molecule has 0 fully saturated rings. The normalized spacial score (nSPS) is 10.5. The number of aromatic carboxylic acids is 1. The highest BCUT2D eigenvalue weighted by molar-refractivity contribution is 6.04. The van der Waals surface area contributed by atoms with Crippen molar-refractivity contribution in [2.45, 2.75) is 26.9 Å². The zero-order chi connectivity index (χ0) is 16.3. The van der Waals surface area contributed by atoms with Gasteiger partial charge in [0.1, 0.15) is 11.5 Å². The lowest BCUT2D eigenvalue weighted by molar-refractivity contribution is 0.0696. The largest absolute Gasteiger partial charge is 0.489 e. The second-order valence-corrected chi connectivity index (χ2v) is 4.96. The Kier molecular flexibility index (Phi) is 4.45. The van der Waals surface area contributed by atoms with E-state index in [9.17, 15) is 9.59 Å². The van der Waals surface area contributed by atoms with Gasteiger partial charge in [-0.25, -0.2) is 4.79 Å². The molecule has 0 spiro atoms. The van der Waals surface area contributed by atoms with Crippen LogP contribution in [0.3, 0.4) is 0 Å². The van der Waals surface area contributed by atoms with E-state index in [1.54, 1.807) is 6.92 Å². The van der Waals surface area contributed by atoms with Crippen molar-refractivity contribution in [2.75, 3.05) is 5.32 Å². The van der Waals surface area contributed by atoms with Gasteiger partial charge in [0, 0.05) is 6.07 Å². The zero-order valence-corrected chi connectivity index (χ0v) is 12.4. The van der Waals surface area contributed by atoms with Gasteiger partial charge < -0.3 is 19.7 Å². The molecule has 0 radical (unpaired) electrons. The van der Waals surface area contributed by atoms with Gasteiger partial charge in [-0.15, -0.1) is 0 Å². The maximum absolute atomic E-state index is 12.1. The Hall–Kier alpha value is -2.83. The number of rotatable bonds is 5. The van der Waals surface area contributed by atoms with Gasteiger partial charge >= 0.3 is 5.97 Å². The molecule has 7 heteroatoms. The van der Waals surface area contributed by atoms with Crippen molar-refractivity contribution in [2.24, 2.45) is 0 Å². The first kappa shape index (κ1) is 15.6. The molecule has 7 nitrogen and oxygen atoms in total. The van der Waals surface area contributed by atoms with Crippen LogP contribution >= 0.6 is 0 Å². The second kappa shape index (κ2) is 6.30. The van der Waals surface area contributed by atoms with Crippen molar-refractivity contribution in [3.63, 3.8) is 0 Å². The number of hydrogen-bond donors (Lipinski definition) is 2. The number of nitrogens with zero attached hydrogens (tertiary/aromatic N) is 1. The number of carboxylic acids is 1. The number of carbonyl (C=O) groups excluding carboxylic acids is 1. The third-order valence-electron chi connectivity index (χ3n) is 2.70. The number of hydrogen-bond acceptors (Lipinski definition) is 5. The number of carboxylic acid groups (broad SMARTS) is 1. The second-order valence-electron chi connectivity index (χ2n) is 4.96. The first-order valence-electron chi connectivity index (χ1n) is 6.65. The number of ether oxygens (including phenoxy) is 1. The van der Waals surface area contributed by atoms with E-state index >= 15 is 0 Å². The van der Waals surface area contributed by atoms with E-state index in [0.29, 0.717) is 11.5 Å². The molecule has 1 amide bonds. The number of amides is 1. The molecule has 0 saturated carbocycles. The molecule has 1 aromatic carbocycles. The van der Waals surface area contributed by atoms with Gasteiger partial charge in [-0.2, -0.15) is 0 Å². The lowest BCUT2D eigenvalue weighted by atomic mass is 10.2. The number of aryl methyl sites for hydroxylation is 1. The molecule has 0 aliphatic heterocycles. The first-order valence-corrected chi connectivity index (χ1v) is 6.65. The highest BCUT2D eigenvalue weighted by Gasteiger charge is 2.16. The molecular weight excluding hydrogens is 288 g/mol. The van der Waals surface area contributed by atoms with E-state index in [1.807, 2.05) is 13.8 Å². The summed E-state index contributed by atoms with van der Waals surface area (Å²) in [7, 11) is 0. The van der Waals surface area contributed by atoms with Crippen LogP contribution in [-0.4, -0.2) is 28.2 Å². The minimum atomic E-state index is -1.09. The third kappa shape index (κ3) is 3.63. The highest BCUT2D eigenvalue weighted by atomic mass is 16.5. The molecule has 2 N–H and O–H groups in total. The standard InChI is InChI=1S/C15H16N2O5/c1-8(2)21-13-5-4-10(15(19)20)7-11(13)16-14(18)12-6-9(3)22-17-12/h4-8H,1-3H3,(H,16,18)(H,19,20). The predicted molar refractivity (Wildman–Crippen MR) is 78.4 cm³/mol. The molecule has 22 heavy (non-hydrogen) atoms. The smallest absolute Gasteiger partial charge is 0.335 e. The summed E-state index contributed by atoms with van der Waals surface area (Å²) in [6.07, 6.45) is -0.124. The zero-order valence-electron chi connectivity index (χ0n) is 12.4. The van der Waals surface area contributed by atoms with Crippen molar-refractivity contribution in [1.29, 1.82) is 0 Å².